The van der Waals surface area contributed by atoms with Gasteiger partial charge in [-0.3, -0.25) is 0 Å². The van der Waals surface area contributed by atoms with Gasteiger partial charge in [0.05, 0.1) is 0 Å². The SMILES string of the molecule is C#Cc1ccc(CCCNC)cc1. The monoisotopic (exact) mass is 173 g/mol. The molecule has 0 unspecified atom stereocenters. The maximum atomic E-state index is 5.26. The summed E-state index contributed by atoms with van der Waals surface area (Å²) >= 11 is 0. The summed E-state index contributed by atoms with van der Waals surface area (Å²) in [6.07, 6.45) is 7.55. The summed E-state index contributed by atoms with van der Waals surface area (Å²) < 4.78 is 0. The molecule has 0 heterocycles. The minimum atomic E-state index is 0.956. The Balaban J connectivity index is 2.46. The number of rotatable bonds is 4. The Bertz CT molecular complexity index is 279. The van der Waals surface area contributed by atoms with Crippen molar-refractivity contribution in [2.75, 3.05) is 13.6 Å². The Kier molecular flexibility index (Phi) is 4.08. The van der Waals surface area contributed by atoms with E-state index in [4.69, 9.17) is 6.42 Å². The van der Waals surface area contributed by atoms with Crippen molar-refractivity contribution in [3.05, 3.63) is 35.4 Å². The molecule has 13 heavy (non-hydrogen) atoms. The highest BCUT2D eigenvalue weighted by Gasteiger charge is 1.92. The lowest BCUT2D eigenvalue weighted by atomic mass is 10.1. The average Bonchev–Trinajstić information content (AvgIpc) is 2.19. The van der Waals surface area contributed by atoms with Gasteiger partial charge in [0.25, 0.3) is 0 Å². The van der Waals surface area contributed by atoms with Gasteiger partial charge in [0.2, 0.25) is 0 Å². The molecular weight excluding hydrogens is 158 g/mol. The third-order valence-corrected chi connectivity index (χ3v) is 2.01. The maximum Gasteiger partial charge on any atom is 0.0242 e. The molecule has 1 nitrogen and oxygen atoms in total. The fraction of sp³-hybridized carbons (Fsp3) is 0.333. The molecule has 0 atom stereocenters. The second kappa shape index (κ2) is 5.40. The highest BCUT2D eigenvalue weighted by molar-refractivity contribution is 5.34. The zero-order valence-electron chi connectivity index (χ0n) is 8.01. The van der Waals surface area contributed by atoms with Crippen LogP contribution in [0, 0.1) is 12.3 Å². The van der Waals surface area contributed by atoms with E-state index in [0.717, 1.165) is 18.5 Å². The molecule has 0 saturated heterocycles. The van der Waals surface area contributed by atoms with E-state index in [9.17, 15) is 0 Å². The predicted octanol–water partition coefficient (Wildman–Crippen LogP) is 1.82. The van der Waals surface area contributed by atoms with E-state index in [0.29, 0.717) is 0 Å². The summed E-state index contributed by atoms with van der Waals surface area (Å²) in [6.45, 7) is 1.07. The van der Waals surface area contributed by atoms with E-state index >= 15 is 0 Å². The molecule has 0 spiro atoms. The Morgan fingerprint density at radius 2 is 2.00 bits per heavy atom. The second-order valence-electron chi connectivity index (χ2n) is 3.05. The molecule has 0 amide bonds. The summed E-state index contributed by atoms with van der Waals surface area (Å²) in [6, 6.07) is 8.19. The van der Waals surface area contributed by atoms with Crippen LogP contribution in [0.3, 0.4) is 0 Å². The molecule has 0 bridgehead atoms. The van der Waals surface area contributed by atoms with Crippen LogP contribution in [0.25, 0.3) is 0 Å². The van der Waals surface area contributed by atoms with Crippen LogP contribution in [0.1, 0.15) is 17.5 Å². The van der Waals surface area contributed by atoms with Crippen LogP contribution in [0.15, 0.2) is 24.3 Å². The zero-order valence-corrected chi connectivity index (χ0v) is 8.01. The second-order valence-corrected chi connectivity index (χ2v) is 3.05. The van der Waals surface area contributed by atoms with Crippen molar-refractivity contribution in [1.29, 1.82) is 0 Å². The maximum absolute atomic E-state index is 5.26. The van der Waals surface area contributed by atoms with Crippen molar-refractivity contribution in [2.45, 2.75) is 12.8 Å². The summed E-state index contributed by atoms with van der Waals surface area (Å²) in [5.41, 5.74) is 2.31. The first-order chi connectivity index (χ1) is 6.36. The van der Waals surface area contributed by atoms with E-state index in [1.165, 1.54) is 12.0 Å². The van der Waals surface area contributed by atoms with E-state index in [1.807, 2.05) is 19.2 Å². The predicted molar refractivity (Wildman–Crippen MR) is 56.6 cm³/mol. The third-order valence-electron chi connectivity index (χ3n) is 2.01. The number of benzene rings is 1. The van der Waals surface area contributed by atoms with E-state index in [2.05, 4.69) is 23.4 Å². The summed E-state index contributed by atoms with van der Waals surface area (Å²) in [5, 5.41) is 3.13. The van der Waals surface area contributed by atoms with Crippen LogP contribution in [0.2, 0.25) is 0 Å². The largest absolute Gasteiger partial charge is 0.320 e. The van der Waals surface area contributed by atoms with Crippen molar-refractivity contribution >= 4 is 0 Å². The molecule has 0 saturated carbocycles. The van der Waals surface area contributed by atoms with Gasteiger partial charge in [0.15, 0.2) is 0 Å². The minimum absolute atomic E-state index is 0.956. The Morgan fingerprint density at radius 1 is 1.31 bits per heavy atom. The van der Waals surface area contributed by atoms with Crippen LogP contribution in [0.5, 0.6) is 0 Å². The van der Waals surface area contributed by atoms with Crippen molar-refractivity contribution < 1.29 is 0 Å². The van der Waals surface area contributed by atoms with Gasteiger partial charge in [-0.25, -0.2) is 0 Å². The first kappa shape index (κ1) is 9.83. The van der Waals surface area contributed by atoms with Crippen LogP contribution in [-0.4, -0.2) is 13.6 Å². The first-order valence-corrected chi connectivity index (χ1v) is 4.57. The van der Waals surface area contributed by atoms with Crippen molar-refractivity contribution in [2.24, 2.45) is 0 Å². The topological polar surface area (TPSA) is 12.0 Å². The molecule has 0 aromatic heterocycles. The Hall–Kier alpha value is -1.26. The summed E-state index contributed by atoms with van der Waals surface area (Å²) in [5.74, 6) is 2.61. The van der Waals surface area contributed by atoms with Crippen LogP contribution in [-0.2, 0) is 6.42 Å². The molecule has 0 fully saturated rings. The van der Waals surface area contributed by atoms with Crippen molar-refractivity contribution in [1.82, 2.24) is 5.32 Å². The van der Waals surface area contributed by atoms with Gasteiger partial charge in [-0.15, -0.1) is 6.42 Å². The van der Waals surface area contributed by atoms with E-state index in [1.54, 1.807) is 0 Å². The molecule has 1 rings (SSSR count). The van der Waals surface area contributed by atoms with Gasteiger partial charge in [-0.05, 0) is 44.1 Å². The molecular formula is C12H15N. The van der Waals surface area contributed by atoms with Crippen LogP contribution < -0.4 is 5.32 Å². The number of terminal acetylenes is 1. The summed E-state index contributed by atoms with van der Waals surface area (Å²) in [4.78, 5) is 0. The molecule has 68 valence electrons. The number of hydrogen-bond donors (Lipinski definition) is 1. The standard InChI is InChI=1S/C12H15N/c1-3-11-6-8-12(9-7-11)5-4-10-13-2/h1,6-9,13H,4-5,10H2,2H3. The fourth-order valence-corrected chi connectivity index (χ4v) is 1.24. The third kappa shape index (κ3) is 3.31. The lowest BCUT2D eigenvalue weighted by Crippen LogP contribution is -2.08. The lowest BCUT2D eigenvalue weighted by molar-refractivity contribution is 0.725. The smallest absolute Gasteiger partial charge is 0.0242 e. The van der Waals surface area contributed by atoms with Crippen molar-refractivity contribution in [3.63, 3.8) is 0 Å². The van der Waals surface area contributed by atoms with Crippen LogP contribution in [0.4, 0.5) is 0 Å². The quantitative estimate of drug-likeness (QED) is 0.541. The first-order valence-electron chi connectivity index (χ1n) is 4.57. The molecule has 0 aliphatic heterocycles. The zero-order chi connectivity index (χ0) is 9.52. The molecule has 0 aliphatic rings. The average molecular weight is 173 g/mol. The van der Waals surface area contributed by atoms with Gasteiger partial charge in [-0.2, -0.15) is 0 Å². The van der Waals surface area contributed by atoms with E-state index < -0.39 is 0 Å². The normalized spacial score (nSPS) is 9.54. The van der Waals surface area contributed by atoms with Gasteiger partial charge >= 0.3 is 0 Å². The Labute approximate surface area is 80.2 Å². The lowest BCUT2D eigenvalue weighted by Gasteiger charge is -2.00. The van der Waals surface area contributed by atoms with Crippen LogP contribution >= 0.6 is 0 Å². The molecule has 1 heteroatoms. The molecule has 1 aromatic carbocycles. The number of aryl methyl sites for hydroxylation is 1. The Morgan fingerprint density at radius 3 is 2.54 bits per heavy atom. The highest BCUT2D eigenvalue weighted by atomic mass is 14.8. The highest BCUT2D eigenvalue weighted by Crippen LogP contribution is 2.05. The summed E-state index contributed by atoms with van der Waals surface area (Å²) in [7, 11) is 1.97. The molecule has 0 aliphatic carbocycles. The number of nitrogens with one attached hydrogen (secondary N) is 1. The minimum Gasteiger partial charge on any atom is -0.320 e. The molecule has 1 N–H and O–H groups in total. The van der Waals surface area contributed by atoms with Gasteiger partial charge in [-0.1, -0.05) is 18.1 Å². The van der Waals surface area contributed by atoms with Crippen molar-refractivity contribution in [3.8, 4) is 12.3 Å². The van der Waals surface area contributed by atoms with Gasteiger partial charge in [0, 0.05) is 5.56 Å². The van der Waals surface area contributed by atoms with Gasteiger partial charge in [0.1, 0.15) is 0 Å². The van der Waals surface area contributed by atoms with E-state index in [-0.39, 0.29) is 0 Å². The number of hydrogen-bond acceptors (Lipinski definition) is 1. The fourth-order valence-electron chi connectivity index (χ4n) is 1.24. The van der Waals surface area contributed by atoms with Gasteiger partial charge < -0.3 is 5.32 Å². The molecule has 0 radical (unpaired) electrons. The molecule has 1 aromatic rings.